The van der Waals surface area contributed by atoms with E-state index in [0.29, 0.717) is 22.8 Å². The molecule has 0 saturated carbocycles. The molecule has 1 heterocycles. The van der Waals surface area contributed by atoms with E-state index in [-0.39, 0.29) is 11.9 Å². The lowest BCUT2D eigenvalue weighted by Gasteiger charge is -2.10. The Morgan fingerprint density at radius 3 is 2.81 bits per heavy atom. The fourth-order valence-electron chi connectivity index (χ4n) is 2.27. The van der Waals surface area contributed by atoms with E-state index < -0.39 is 0 Å². The average molecular weight is 369 g/mol. The molecule has 1 atom stereocenters. The van der Waals surface area contributed by atoms with E-state index in [1.165, 1.54) is 18.2 Å². The summed E-state index contributed by atoms with van der Waals surface area (Å²) in [6, 6.07) is 11.6. The van der Waals surface area contributed by atoms with Crippen molar-refractivity contribution in [3.63, 3.8) is 0 Å². The second-order valence-corrected chi connectivity index (χ2v) is 6.11. The number of fused-ring (bicyclic) bond motifs is 1. The summed E-state index contributed by atoms with van der Waals surface area (Å²) in [5.41, 5.74) is 7.60. The van der Waals surface area contributed by atoms with Gasteiger partial charge >= 0.3 is 0 Å². The summed E-state index contributed by atoms with van der Waals surface area (Å²) < 4.78 is 20.0. The van der Waals surface area contributed by atoms with Gasteiger partial charge in [-0.3, -0.25) is 0 Å². The maximum Gasteiger partial charge on any atom is 0.148 e. The molecule has 1 aromatic heterocycles. The first-order chi connectivity index (χ1) is 10.0. The number of halogens is 3. The molecule has 1 unspecified atom stereocenters. The molecule has 0 aliphatic rings. The summed E-state index contributed by atoms with van der Waals surface area (Å²) >= 11 is 9.51. The summed E-state index contributed by atoms with van der Waals surface area (Å²) in [6.07, 6.45) is 0.411. The zero-order valence-corrected chi connectivity index (χ0v) is 13.3. The molecule has 2 nitrogen and oxygen atoms in total. The lowest BCUT2D eigenvalue weighted by Crippen LogP contribution is -2.12. The van der Waals surface area contributed by atoms with Gasteiger partial charge in [-0.2, -0.15) is 0 Å². The number of hydrogen-bond acceptors (Lipinski definition) is 2. The van der Waals surface area contributed by atoms with Crippen molar-refractivity contribution >= 4 is 38.5 Å². The van der Waals surface area contributed by atoms with Crippen molar-refractivity contribution in [3.05, 3.63) is 69.1 Å². The molecule has 0 aliphatic heterocycles. The summed E-state index contributed by atoms with van der Waals surface area (Å²) in [4.78, 5) is 0. The Morgan fingerprint density at radius 2 is 2.05 bits per heavy atom. The topological polar surface area (TPSA) is 39.2 Å². The average Bonchev–Trinajstić information content (AvgIpc) is 2.88. The summed E-state index contributed by atoms with van der Waals surface area (Å²) in [7, 11) is 0. The predicted octanol–water partition coefficient (Wildman–Crippen LogP) is 5.23. The molecule has 2 aromatic carbocycles. The molecule has 3 aromatic rings. The Kier molecular flexibility index (Phi) is 4.02. The van der Waals surface area contributed by atoms with Gasteiger partial charge in [-0.05, 0) is 58.2 Å². The van der Waals surface area contributed by atoms with Crippen LogP contribution < -0.4 is 5.73 Å². The highest BCUT2D eigenvalue weighted by Gasteiger charge is 2.16. The molecule has 0 aliphatic carbocycles. The summed E-state index contributed by atoms with van der Waals surface area (Å²) in [6.45, 7) is 0. The van der Waals surface area contributed by atoms with Crippen molar-refractivity contribution < 1.29 is 8.81 Å². The number of para-hydroxylation sites is 1. The fraction of sp³-hybridized carbons (Fsp3) is 0.125. The minimum Gasteiger partial charge on any atom is -0.458 e. The van der Waals surface area contributed by atoms with Crippen LogP contribution in [0.5, 0.6) is 0 Å². The van der Waals surface area contributed by atoms with Gasteiger partial charge in [-0.25, -0.2) is 4.39 Å². The number of benzene rings is 2. The van der Waals surface area contributed by atoms with Crippen molar-refractivity contribution in [3.8, 4) is 0 Å². The Balaban J connectivity index is 1.91. The van der Waals surface area contributed by atoms with Crippen LogP contribution in [0.1, 0.15) is 17.4 Å². The Morgan fingerprint density at radius 1 is 1.24 bits per heavy atom. The first kappa shape index (κ1) is 14.6. The van der Waals surface area contributed by atoms with E-state index in [9.17, 15) is 4.39 Å². The smallest absolute Gasteiger partial charge is 0.148 e. The maximum atomic E-state index is 13.3. The van der Waals surface area contributed by atoms with Crippen LogP contribution in [0.4, 0.5) is 4.39 Å². The summed E-state index contributed by atoms with van der Waals surface area (Å²) in [5, 5.41) is 1.48. The van der Waals surface area contributed by atoms with Crippen LogP contribution in [0.25, 0.3) is 11.0 Å². The minimum absolute atomic E-state index is 0.325. The number of furan rings is 1. The monoisotopic (exact) mass is 367 g/mol. The molecule has 0 spiro atoms. The number of hydrogen-bond donors (Lipinski definition) is 1. The maximum absolute atomic E-state index is 13.3. The molecule has 3 rings (SSSR count). The van der Waals surface area contributed by atoms with Crippen LogP contribution in [0.2, 0.25) is 5.02 Å². The van der Waals surface area contributed by atoms with Gasteiger partial charge in [0.2, 0.25) is 0 Å². The highest BCUT2D eigenvalue weighted by atomic mass is 79.9. The third-order valence-corrected chi connectivity index (χ3v) is 4.32. The lowest BCUT2D eigenvalue weighted by atomic mass is 10.0. The van der Waals surface area contributed by atoms with Crippen molar-refractivity contribution in [1.29, 1.82) is 0 Å². The lowest BCUT2D eigenvalue weighted by molar-refractivity contribution is 0.492. The van der Waals surface area contributed by atoms with E-state index in [0.717, 1.165) is 15.4 Å². The van der Waals surface area contributed by atoms with E-state index >= 15 is 0 Å². The molecular formula is C16H12BrClFNO. The molecule has 0 radical (unpaired) electrons. The van der Waals surface area contributed by atoms with Crippen LogP contribution in [0.3, 0.4) is 0 Å². The highest BCUT2D eigenvalue weighted by Crippen LogP contribution is 2.31. The van der Waals surface area contributed by atoms with Crippen LogP contribution in [0.15, 0.2) is 51.4 Å². The second-order valence-electron chi connectivity index (χ2n) is 4.85. The molecule has 0 amide bonds. The van der Waals surface area contributed by atoms with Crippen molar-refractivity contribution in [2.45, 2.75) is 12.5 Å². The number of nitrogens with two attached hydrogens (primary N) is 1. The third kappa shape index (κ3) is 2.98. The van der Waals surface area contributed by atoms with Crippen LogP contribution in [0, 0.1) is 5.82 Å². The van der Waals surface area contributed by atoms with Crippen LogP contribution in [-0.4, -0.2) is 0 Å². The zero-order chi connectivity index (χ0) is 15.0. The molecule has 0 bridgehead atoms. The summed E-state index contributed by atoms with van der Waals surface area (Å²) in [5.74, 6) is 0.325. The van der Waals surface area contributed by atoms with E-state index in [1.54, 1.807) is 0 Å². The van der Waals surface area contributed by atoms with Gasteiger partial charge in [0.15, 0.2) is 0 Å². The Labute approximate surface area is 134 Å². The van der Waals surface area contributed by atoms with Gasteiger partial charge in [0, 0.05) is 10.4 Å². The van der Waals surface area contributed by atoms with Gasteiger partial charge in [-0.1, -0.05) is 23.7 Å². The molecule has 21 heavy (non-hydrogen) atoms. The number of rotatable bonds is 3. The van der Waals surface area contributed by atoms with Gasteiger partial charge in [0.25, 0.3) is 0 Å². The standard InChI is InChI=1S/C16H12BrClFNO/c17-12-3-1-2-9-8-15(21-16(9)12)14(20)7-10-6-11(19)4-5-13(10)18/h1-6,8,14H,7,20H2. The molecule has 2 N–H and O–H groups in total. The van der Waals surface area contributed by atoms with Crippen molar-refractivity contribution in [2.75, 3.05) is 0 Å². The highest BCUT2D eigenvalue weighted by molar-refractivity contribution is 9.10. The predicted molar refractivity (Wildman–Crippen MR) is 86.0 cm³/mol. The molecule has 5 heteroatoms. The fourth-order valence-corrected chi connectivity index (χ4v) is 2.92. The quantitative estimate of drug-likeness (QED) is 0.687. The SMILES string of the molecule is NC(Cc1cc(F)ccc1Cl)c1cc2cccc(Br)c2o1. The zero-order valence-electron chi connectivity index (χ0n) is 10.9. The van der Waals surface area contributed by atoms with Gasteiger partial charge in [-0.15, -0.1) is 0 Å². The molecule has 0 saturated heterocycles. The first-order valence-corrected chi connectivity index (χ1v) is 7.59. The molecule has 108 valence electrons. The molecule has 0 fully saturated rings. The molecular weight excluding hydrogens is 357 g/mol. The normalized spacial score (nSPS) is 12.8. The van der Waals surface area contributed by atoms with Crippen molar-refractivity contribution in [2.24, 2.45) is 5.73 Å². The van der Waals surface area contributed by atoms with Gasteiger partial charge in [0.1, 0.15) is 17.2 Å². The van der Waals surface area contributed by atoms with E-state index in [4.69, 9.17) is 21.8 Å². The van der Waals surface area contributed by atoms with Crippen LogP contribution in [-0.2, 0) is 6.42 Å². The van der Waals surface area contributed by atoms with E-state index in [1.807, 2.05) is 24.3 Å². The first-order valence-electron chi connectivity index (χ1n) is 6.42. The minimum atomic E-state index is -0.386. The van der Waals surface area contributed by atoms with Crippen molar-refractivity contribution in [1.82, 2.24) is 0 Å². The van der Waals surface area contributed by atoms with Gasteiger partial charge < -0.3 is 10.2 Å². The van der Waals surface area contributed by atoms with E-state index in [2.05, 4.69) is 15.9 Å². The Hall–Kier alpha value is -1.36. The Bertz CT molecular complexity index is 802. The van der Waals surface area contributed by atoms with Gasteiger partial charge in [0.05, 0.1) is 10.5 Å². The third-order valence-electron chi connectivity index (χ3n) is 3.33. The largest absolute Gasteiger partial charge is 0.458 e. The second kappa shape index (κ2) is 5.79. The van der Waals surface area contributed by atoms with Crippen LogP contribution >= 0.6 is 27.5 Å².